The molecule has 26 heavy (non-hydrogen) atoms. The summed E-state index contributed by atoms with van der Waals surface area (Å²) < 4.78 is 10.6. The van der Waals surface area contributed by atoms with E-state index in [1.807, 2.05) is 48.5 Å². The number of hydrogen-bond acceptors (Lipinski definition) is 6. The van der Waals surface area contributed by atoms with Gasteiger partial charge in [0.15, 0.2) is 0 Å². The molecule has 0 aromatic heterocycles. The molecule has 0 aliphatic heterocycles. The van der Waals surface area contributed by atoms with Crippen molar-refractivity contribution in [1.82, 2.24) is 0 Å². The van der Waals surface area contributed by atoms with Crippen LogP contribution in [0.15, 0.2) is 58.5 Å². The van der Waals surface area contributed by atoms with Gasteiger partial charge in [-0.1, -0.05) is 24.3 Å². The van der Waals surface area contributed by atoms with Gasteiger partial charge in [-0.2, -0.15) is 0 Å². The first kappa shape index (κ1) is 19.6. The Hall–Kier alpha value is -2.70. The van der Waals surface area contributed by atoms with E-state index in [4.69, 9.17) is 9.47 Å². The van der Waals surface area contributed by atoms with Gasteiger partial charge in [-0.25, -0.2) is 0 Å². The standard InChI is InChI=1S/C20H24N2O4/c1-25-19-9-5-3-7-15(19)11-21-17(13-23)18(14-24)22-12-16-8-4-6-10-20(16)26-2/h3-12,17-18,23-24H,13-14H2,1-2H3/t17-,18-/m1/s1. The molecule has 0 aliphatic rings. The van der Waals surface area contributed by atoms with Crippen LogP contribution in [0.2, 0.25) is 0 Å². The lowest BCUT2D eigenvalue weighted by Gasteiger charge is -2.16. The molecule has 0 saturated carbocycles. The molecule has 0 saturated heterocycles. The Morgan fingerprint density at radius 3 is 1.50 bits per heavy atom. The monoisotopic (exact) mass is 356 g/mol. The largest absolute Gasteiger partial charge is 0.496 e. The van der Waals surface area contributed by atoms with E-state index in [9.17, 15) is 10.2 Å². The first-order chi connectivity index (χ1) is 12.7. The van der Waals surface area contributed by atoms with Crippen molar-refractivity contribution in [2.24, 2.45) is 9.98 Å². The van der Waals surface area contributed by atoms with Gasteiger partial charge in [-0.05, 0) is 24.3 Å². The molecule has 0 aliphatic carbocycles. The van der Waals surface area contributed by atoms with Gasteiger partial charge in [-0.15, -0.1) is 0 Å². The number of aliphatic imine (C=N–C) groups is 2. The second kappa shape index (κ2) is 10.3. The van der Waals surface area contributed by atoms with Crippen LogP contribution in [0.1, 0.15) is 11.1 Å². The fraction of sp³-hybridized carbons (Fsp3) is 0.300. The van der Waals surface area contributed by atoms with Gasteiger partial charge < -0.3 is 19.7 Å². The summed E-state index contributed by atoms with van der Waals surface area (Å²) in [6.45, 7) is -0.472. The van der Waals surface area contributed by atoms with Gasteiger partial charge in [0.05, 0.1) is 39.5 Å². The minimum absolute atomic E-state index is 0.236. The second-order valence-corrected chi connectivity index (χ2v) is 5.54. The van der Waals surface area contributed by atoms with E-state index in [-0.39, 0.29) is 13.2 Å². The number of aliphatic hydroxyl groups is 2. The summed E-state index contributed by atoms with van der Waals surface area (Å²) in [7, 11) is 3.18. The number of rotatable bonds is 9. The lowest BCUT2D eigenvalue weighted by Crippen LogP contribution is -2.30. The average Bonchev–Trinajstić information content (AvgIpc) is 2.70. The first-order valence-electron chi connectivity index (χ1n) is 8.27. The summed E-state index contributed by atoms with van der Waals surface area (Å²) in [5, 5.41) is 19.4. The molecule has 0 heterocycles. The number of aliphatic hydroxyl groups excluding tert-OH is 2. The third-order valence-electron chi connectivity index (χ3n) is 3.91. The molecule has 0 spiro atoms. The van der Waals surface area contributed by atoms with Crippen LogP contribution in [0.5, 0.6) is 11.5 Å². The highest BCUT2D eigenvalue weighted by atomic mass is 16.5. The molecule has 2 atom stereocenters. The molecule has 138 valence electrons. The minimum atomic E-state index is -0.573. The summed E-state index contributed by atoms with van der Waals surface area (Å²) in [5.74, 6) is 1.37. The van der Waals surface area contributed by atoms with E-state index >= 15 is 0 Å². The van der Waals surface area contributed by atoms with Gasteiger partial charge in [0.1, 0.15) is 11.5 Å². The van der Waals surface area contributed by atoms with Gasteiger partial charge in [0, 0.05) is 23.6 Å². The van der Waals surface area contributed by atoms with Gasteiger partial charge in [-0.3, -0.25) is 9.98 Å². The highest BCUT2D eigenvalue weighted by molar-refractivity contribution is 5.84. The van der Waals surface area contributed by atoms with Crippen LogP contribution >= 0.6 is 0 Å². The molecule has 6 nitrogen and oxygen atoms in total. The van der Waals surface area contributed by atoms with Crippen LogP contribution in [-0.4, -0.2) is 62.2 Å². The molecular weight excluding hydrogens is 332 g/mol. The number of benzene rings is 2. The maximum Gasteiger partial charge on any atom is 0.127 e. The molecule has 6 heteroatoms. The van der Waals surface area contributed by atoms with Crippen molar-refractivity contribution < 1.29 is 19.7 Å². The predicted octanol–water partition coefficient (Wildman–Crippen LogP) is 1.96. The van der Waals surface area contributed by atoms with E-state index in [1.165, 1.54) is 0 Å². The highest BCUT2D eigenvalue weighted by Gasteiger charge is 2.18. The zero-order chi connectivity index (χ0) is 18.8. The number of ether oxygens (including phenoxy) is 2. The van der Waals surface area contributed by atoms with Gasteiger partial charge >= 0.3 is 0 Å². The molecule has 2 aromatic rings. The van der Waals surface area contributed by atoms with E-state index in [1.54, 1.807) is 26.6 Å². The van der Waals surface area contributed by atoms with Crippen molar-refractivity contribution in [2.45, 2.75) is 12.1 Å². The Balaban J connectivity index is 2.18. The summed E-state index contributed by atoms with van der Waals surface area (Å²) in [5.41, 5.74) is 1.58. The van der Waals surface area contributed by atoms with Crippen LogP contribution in [0.25, 0.3) is 0 Å². The highest BCUT2D eigenvalue weighted by Crippen LogP contribution is 2.17. The van der Waals surface area contributed by atoms with E-state index in [0.29, 0.717) is 11.5 Å². The predicted molar refractivity (Wildman–Crippen MR) is 103 cm³/mol. The lowest BCUT2D eigenvalue weighted by atomic mass is 10.1. The third-order valence-corrected chi connectivity index (χ3v) is 3.91. The lowest BCUT2D eigenvalue weighted by molar-refractivity contribution is 0.202. The van der Waals surface area contributed by atoms with Crippen molar-refractivity contribution >= 4 is 12.4 Å². The molecule has 0 bridgehead atoms. The van der Waals surface area contributed by atoms with Gasteiger partial charge in [0.25, 0.3) is 0 Å². The van der Waals surface area contributed by atoms with Crippen LogP contribution in [0.4, 0.5) is 0 Å². The zero-order valence-corrected chi connectivity index (χ0v) is 14.9. The number of nitrogens with zero attached hydrogens (tertiary/aromatic N) is 2. The fourth-order valence-electron chi connectivity index (χ4n) is 2.43. The molecule has 2 rings (SSSR count). The maximum absolute atomic E-state index is 9.68. The Labute approximate surface area is 153 Å². The van der Waals surface area contributed by atoms with Crippen molar-refractivity contribution in [2.75, 3.05) is 27.4 Å². The topological polar surface area (TPSA) is 83.6 Å². The summed E-state index contributed by atoms with van der Waals surface area (Å²) in [6.07, 6.45) is 3.25. The Bertz CT molecular complexity index is 683. The van der Waals surface area contributed by atoms with Gasteiger partial charge in [0.2, 0.25) is 0 Å². The van der Waals surface area contributed by atoms with Crippen LogP contribution < -0.4 is 9.47 Å². The van der Waals surface area contributed by atoms with Crippen molar-refractivity contribution in [3.8, 4) is 11.5 Å². The molecule has 0 radical (unpaired) electrons. The zero-order valence-electron chi connectivity index (χ0n) is 14.9. The van der Waals surface area contributed by atoms with Crippen LogP contribution in [0.3, 0.4) is 0 Å². The Morgan fingerprint density at radius 1 is 0.769 bits per heavy atom. The number of hydrogen-bond donors (Lipinski definition) is 2. The average molecular weight is 356 g/mol. The quantitative estimate of drug-likeness (QED) is 0.673. The molecule has 0 unspecified atom stereocenters. The molecule has 2 aromatic carbocycles. The van der Waals surface area contributed by atoms with E-state index in [0.717, 1.165) is 11.1 Å². The minimum Gasteiger partial charge on any atom is -0.496 e. The summed E-state index contributed by atoms with van der Waals surface area (Å²) in [4.78, 5) is 8.77. The SMILES string of the molecule is COc1ccccc1C=N[C@H](CO)[C@@H](CO)N=Cc1ccccc1OC. The molecule has 0 amide bonds. The van der Waals surface area contributed by atoms with Crippen molar-refractivity contribution in [3.63, 3.8) is 0 Å². The van der Waals surface area contributed by atoms with Crippen LogP contribution in [0, 0.1) is 0 Å². The Kier molecular flexibility index (Phi) is 7.79. The molecular formula is C20H24N2O4. The normalized spacial score (nSPS) is 13.8. The molecule has 0 fully saturated rings. The maximum atomic E-state index is 9.68. The smallest absolute Gasteiger partial charge is 0.127 e. The number of methoxy groups -OCH3 is 2. The molecule has 2 N–H and O–H groups in total. The first-order valence-corrected chi connectivity index (χ1v) is 8.27. The second-order valence-electron chi connectivity index (χ2n) is 5.54. The van der Waals surface area contributed by atoms with Crippen LogP contribution in [-0.2, 0) is 0 Å². The van der Waals surface area contributed by atoms with Crippen molar-refractivity contribution in [3.05, 3.63) is 59.7 Å². The van der Waals surface area contributed by atoms with E-state index < -0.39 is 12.1 Å². The fourth-order valence-corrected chi connectivity index (χ4v) is 2.43. The summed E-state index contributed by atoms with van der Waals surface area (Å²) >= 11 is 0. The third kappa shape index (κ3) is 5.15. The number of para-hydroxylation sites is 2. The summed E-state index contributed by atoms with van der Waals surface area (Å²) in [6, 6.07) is 13.7. The van der Waals surface area contributed by atoms with E-state index in [2.05, 4.69) is 9.98 Å². The Morgan fingerprint density at radius 2 is 1.15 bits per heavy atom. The van der Waals surface area contributed by atoms with Crippen molar-refractivity contribution in [1.29, 1.82) is 0 Å².